The maximum atomic E-state index is 10.2. The van der Waals surface area contributed by atoms with Crippen molar-refractivity contribution >= 4 is 17.7 Å². The fourth-order valence-electron chi connectivity index (χ4n) is 1.28. The summed E-state index contributed by atoms with van der Waals surface area (Å²) in [7, 11) is 0. The second-order valence-electron chi connectivity index (χ2n) is 2.74. The van der Waals surface area contributed by atoms with Gasteiger partial charge in [0, 0.05) is 5.25 Å². The molecule has 1 aliphatic carbocycles. The molecule has 0 bridgehead atoms. The molecular weight excluding hydrogens is 164 g/mol. The van der Waals surface area contributed by atoms with Gasteiger partial charge in [0.25, 0.3) is 0 Å². The van der Waals surface area contributed by atoms with Gasteiger partial charge in [-0.1, -0.05) is 0 Å². The summed E-state index contributed by atoms with van der Waals surface area (Å²) in [5.74, 6) is -0.684. The molecule has 0 spiro atoms. The highest BCUT2D eigenvalue weighted by Gasteiger charge is 2.25. The first kappa shape index (κ1) is 8.87. The molecule has 2 N–H and O–H groups in total. The lowest BCUT2D eigenvalue weighted by atomic mass is 10.3. The van der Waals surface area contributed by atoms with Crippen LogP contribution in [0.1, 0.15) is 19.3 Å². The molecule has 1 saturated carbocycles. The van der Waals surface area contributed by atoms with Crippen molar-refractivity contribution in [2.24, 2.45) is 0 Å². The summed E-state index contributed by atoms with van der Waals surface area (Å²) in [6.07, 6.45) is 2.54. The molecule has 2 atom stereocenters. The molecule has 1 fully saturated rings. The van der Waals surface area contributed by atoms with Crippen molar-refractivity contribution in [1.29, 1.82) is 0 Å². The van der Waals surface area contributed by atoms with E-state index >= 15 is 0 Å². The first-order valence-electron chi connectivity index (χ1n) is 3.71. The maximum Gasteiger partial charge on any atom is 0.313 e. The van der Waals surface area contributed by atoms with Gasteiger partial charge in [-0.25, -0.2) is 0 Å². The Morgan fingerprint density at radius 1 is 1.55 bits per heavy atom. The molecule has 1 rings (SSSR count). The molecule has 0 aliphatic heterocycles. The summed E-state index contributed by atoms with van der Waals surface area (Å²) in [5.41, 5.74) is 0. The topological polar surface area (TPSA) is 57.5 Å². The second-order valence-corrected chi connectivity index (χ2v) is 3.97. The van der Waals surface area contributed by atoms with Gasteiger partial charge in [0.2, 0.25) is 0 Å². The number of hydrogen-bond acceptors (Lipinski definition) is 3. The van der Waals surface area contributed by atoms with Gasteiger partial charge >= 0.3 is 5.97 Å². The van der Waals surface area contributed by atoms with E-state index in [9.17, 15) is 9.90 Å². The van der Waals surface area contributed by atoms with E-state index in [1.807, 2.05) is 0 Å². The first-order valence-corrected chi connectivity index (χ1v) is 4.76. The first-order chi connectivity index (χ1) is 5.20. The Morgan fingerprint density at radius 2 is 2.27 bits per heavy atom. The van der Waals surface area contributed by atoms with E-state index in [4.69, 9.17) is 5.11 Å². The van der Waals surface area contributed by atoms with E-state index in [1.165, 1.54) is 11.8 Å². The van der Waals surface area contributed by atoms with Gasteiger partial charge in [0.05, 0.1) is 11.9 Å². The smallest absolute Gasteiger partial charge is 0.313 e. The summed E-state index contributed by atoms with van der Waals surface area (Å²) in [5, 5.41) is 17.8. The number of aliphatic hydroxyl groups is 1. The molecule has 0 amide bonds. The summed E-state index contributed by atoms with van der Waals surface area (Å²) in [6, 6.07) is 0. The SMILES string of the molecule is O=C(O)CSC1CCCC1O. The predicted molar refractivity (Wildman–Crippen MR) is 43.7 cm³/mol. The zero-order valence-electron chi connectivity index (χ0n) is 6.19. The molecule has 0 aromatic heterocycles. The summed E-state index contributed by atoms with van der Waals surface area (Å²) in [6.45, 7) is 0. The van der Waals surface area contributed by atoms with Crippen LogP contribution in [0.15, 0.2) is 0 Å². The zero-order chi connectivity index (χ0) is 8.27. The fourth-order valence-corrected chi connectivity index (χ4v) is 2.33. The van der Waals surface area contributed by atoms with Gasteiger partial charge in [0.15, 0.2) is 0 Å². The molecule has 3 nitrogen and oxygen atoms in total. The van der Waals surface area contributed by atoms with E-state index in [0.29, 0.717) is 0 Å². The molecule has 4 heteroatoms. The minimum atomic E-state index is -0.797. The van der Waals surface area contributed by atoms with Gasteiger partial charge in [0.1, 0.15) is 0 Å². The third kappa shape index (κ3) is 2.71. The fraction of sp³-hybridized carbons (Fsp3) is 0.857. The number of thioether (sulfide) groups is 1. The number of carbonyl (C=O) groups is 1. The molecule has 0 saturated heterocycles. The van der Waals surface area contributed by atoms with Crippen LogP contribution in [-0.2, 0) is 4.79 Å². The predicted octanol–water partition coefficient (Wildman–Crippen LogP) is 0.718. The van der Waals surface area contributed by atoms with Crippen LogP contribution in [0.4, 0.5) is 0 Å². The van der Waals surface area contributed by atoms with Gasteiger partial charge in [-0.05, 0) is 19.3 Å². The van der Waals surface area contributed by atoms with E-state index < -0.39 is 5.97 Å². The van der Waals surface area contributed by atoms with Crippen molar-refractivity contribution < 1.29 is 15.0 Å². The van der Waals surface area contributed by atoms with Crippen molar-refractivity contribution in [2.45, 2.75) is 30.6 Å². The summed E-state index contributed by atoms with van der Waals surface area (Å²) < 4.78 is 0. The van der Waals surface area contributed by atoms with Crippen LogP contribution in [0.25, 0.3) is 0 Å². The Bertz CT molecular complexity index is 149. The summed E-state index contributed by atoms with van der Waals surface area (Å²) >= 11 is 1.35. The van der Waals surface area contributed by atoms with Crippen molar-refractivity contribution in [1.82, 2.24) is 0 Å². The van der Waals surface area contributed by atoms with E-state index in [2.05, 4.69) is 0 Å². The molecular formula is C7H12O3S. The van der Waals surface area contributed by atoms with Crippen LogP contribution < -0.4 is 0 Å². The zero-order valence-corrected chi connectivity index (χ0v) is 7.01. The van der Waals surface area contributed by atoms with Crippen LogP contribution in [0.2, 0.25) is 0 Å². The van der Waals surface area contributed by atoms with Crippen molar-refractivity contribution in [3.8, 4) is 0 Å². The lowest BCUT2D eigenvalue weighted by Gasteiger charge is -2.11. The standard InChI is InChI=1S/C7H12O3S/c8-5-2-1-3-6(5)11-4-7(9)10/h5-6,8H,1-4H2,(H,9,10). The molecule has 0 radical (unpaired) electrons. The third-order valence-electron chi connectivity index (χ3n) is 1.84. The number of carboxylic acid groups (broad SMARTS) is 1. The highest BCUT2D eigenvalue weighted by Crippen LogP contribution is 2.29. The number of hydrogen-bond donors (Lipinski definition) is 2. The van der Waals surface area contributed by atoms with Crippen molar-refractivity contribution in [3.05, 3.63) is 0 Å². The molecule has 64 valence electrons. The Kier molecular flexibility index (Phi) is 3.20. The highest BCUT2D eigenvalue weighted by atomic mass is 32.2. The maximum absolute atomic E-state index is 10.2. The van der Waals surface area contributed by atoms with Crippen molar-refractivity contribution in [2.75, 3.05) is 5.75 Å². The average molecular weight is 176 g/mol. The Balaban J connectivity index is 2.20. The third-order valence-corrected chi connectivity index (χ3v) is 3.23. The van der Waals surface area contributed by atoms with Crippen LogP contribution in [0.5, 0.6) is 0 Å². The van der Waals surface area contributed by atoms with Crippen LogP contribution in [-0.4, -0.2) is 33.3 Å². The number of carboxylic acids is 1. The number of aliphatic hydroxyl groups excluding tert-OH is 1. The molecule has 2 unspecified atom stereocenters. The molecule has 0 aromatic rings. The van der Waals surface area contributed by atoms with E-state index in [0.717, 1.165) is 19.3 Å². The lowest BCUT2D eigenvalue weighted by Crippen LogP contribution is -2.17. The lowest BCUT2D eigenvalue weighted by molar-refractivity contribution is -0.133. The van der Waals surface area contributed by atoms with Crippen LogP contribution in [0.3, 0.4) is 0 Å². The summed E-state index contributed by atoms with van der Waals surface area (Å²) in [4.78, 5) is 10.2. The molecule has 0 aromatic carbocycles. The molecule has 11 heavy (non-hydrogen) atoms. The van der Waals surface area contributed by atoms with E-state index in [1.54, 1.807) is 0 Å². The van der Waals surface area contributed by atoms with Gasteiger partial charge in [-0.15, -0.1) is 11.8 Å². The Hall–Kier alpha value is -0.220. The quantitative estimate of drug-likeness (QED) is 0.665. The minimum Gasteiger partial charge on any atom is -0.481 e. The molecule has 0 heterocycles. The Labute approximate surface area is 69.8 Å². The van der Waals surface area contributed by atoms with Crippen LogP contribution >= 0.6 is 11.8 Å². The largest absolute Gasteiger partial charge is 0.481 e. The Morgan fingerprint density at radius 3 is 2.73 bits per heavy atom. The van der Waals surface area contributed by atoms with Gasteiger partial charge in [-0.3, -0.25) is 4.79 Å². The number of rotatable bonds is 3. The van der Waals surface area contributed by atoms with Gasteiger partial charge in [-0.2, -0.15) is 0 Å². The van der Waals surface area contributed by atoms with Crippen molar-refractivity contribution in [3.63, 3.8) is 0 Å². The minimum absolute atomic E-state index is 0.113. The monoisotopic (exact) mass is 176 g/mol. The van der Waals surface area contributed by atoms with Gasteiger partial charge < -0.3 is 10.2 Å². The second kappa shape index (κ2) is 3.97. The number of aliphatic carboxylic acids is 1. The highest BCUT2D eigenvalue weighted by molar-refractivity contribution is 8.00. The normalized spacial score (nSPS) is 30.6. The van der Waals surface area contributed by atoms with Crippen LogP contribution in [0, 0.1) is 0 Å². The molecule has 1 aliphatic rings. The van der Waals surface area contributed by atoms with E-state index in [-0.39, 0.29) is 17.1 Å². The average Bonchev–Trinajstić information content (AvgIpc) is 2.31.